The molecule has 3 rings (SSSR count). The van der Waals surface area contributed by atoms with Crippen LogP contribution in [0.1, 0.15) is 11.1 Å². The average molecular weight is 420 g/mol. The quantitative estimate of drug-likeness (QED) is 0.723. The van der Waals surface area contributed by atoms with E-state index >= 15 is 0 Å². The maximum atomic E-state index is 12.6. The number of nitrogens with zero attached hydrogens (tertiary/aromatic N) is 2. The number of piperazine rings is 1. The molecule has 1 fully saturated rings. The molecule has 9 heteroatoms. The number of aryl methyl sites for hydroxylation is 1. The number of benzene rings is 2. The molecular formula is C20H24N2O6S. The first-order valence-corrected chi connectivity index (χ1v) is 10.4. The molecule has 0 atom stereocenters. The van der Waals surface area contributed by atoms with Gasteiger partial charge < -0.3 is 10.2 Å². The zero-order valence-electron chi connectivity index (χ0n) is 16.1. The van der Waals surface area contributed by atoms with Gasteiger partial charge in [0.05, 0.1) is 4.90 Å². The van der Waals surface area contributed by atoms with Crippen molar-refractivity contribution in [3.8, 4) is 0 Å². The lowest BCUT2D eigenvalue weighted by Gasteiger charge is -2.34. The van der Waals surface area contributed by atoms with E-state index in [2.05, 4.69) is 36.1 Å². The average Bonchev–Trinajstić information content (AvgIpc) is 2.71. The second-order valence-corrected chi connectivity index (χ2v) is 8.53. The highest BCUT2D eigenvalue weighted by molar-refractivity contribution is 7.89. The van der Waals surface area contributed by atoms with Crippen LogP contribution in [-0.4, -0.2) is 66.0 Å². The summed E-state index contributed by atoms with van der Waals surface area (Å²) in [6.07, 6.45) is 0. The van der Waals surface area contributed by atoms with Gasteiger partial charge in [0.25, 0.3) is 0 Å². The molecule has 0 amide bonds. The SMILES string of the molecule is Cc1ccc(CN2CCN(S(=O)(=O)c3ccccc3)CC2)cc1.O=C(O)C(=O)O. The molecule has 0 unspecified atom stereocenters. The zero-order chi connectivity index (χ0) is 21.4. The fourth-order valence-electron chi connectivity index (χ4n) is 2.82. The number of hydrogen-bond donors (Lipinski definition) is 2. The van der Waals surface area contributed by atoms with Crippen molar-refractivity contribution in [3.63, 3.8) is 0 Å². The lowest BCUT2D eigenvalue weighted by Crippen LogP contribution is -2.48. The van der Waals surface area contributed by atoms with E-state index in [-0.39, 0.29) is 0 Å². The smallest absolute Gasteiger partial charge is 0.414 e. The van der Waals surface area contributed by atoms with Crippen LogP contribution in [0.2, 0.25) is 0 Å². The Labute approximate surface area is 170 Å². The van der Waals surface area contributed by atoms with Gasteiger partial charge in [0.15, 0.2) is 0 Å². The van der Waals surface area contributed by atoms with Gasteiger partial charge in [-0.2, -0.15) is 4.31 Å². The molecule has 1 aliphatic rings. The van der Waals surface area contributed by atoms with Gasteiger partial charge in [0.1, 0.15) is 0 Å². The molecule has 0 spiro atoms. The van der Waals surface area contributed by atoms with Crippen molar-refractivity contribution in [1.82, 2.24) is 9.21 Å². The second kappa shape index (κ2) is 10.1. The molecule has 0 aliphatic carbocycles. The topological polar surface area (TPSA) is 115 Å². The number of carboxylic acid groups (broad SMARTS) is 2. The number of aliphatic carboxylic acids is 2. The first-order chi connectivity index (χ1) is 13.7. The Balaban J connectivity index is 0.000000438. The summed E-state index contributed by atoms with van der Waals surface area (Å²) in [7, 11) is -3.36. The van der Waals surface area contributed by atoms with E-state index < -0.39 is 22.0 Å². The Hall–Kier alpha value is -2.75. The van der Waals surface area contributed by atoms with E-state index in [0.717, 1.165) is 19.6 Å². The van der Waals surface area contributed by atoms with Gasteiger partial charge in [-0.1, -0.05) is 48.0 Å². The Bertz CT molecular complexity index is 909. The predicted molar refractivity (Wildman–Crippen MR) is 107 cm³/mol. The van der Waals surface area contributed by atoms with Gasteiger partial charge in [-0.15, -0.1) is 0 Å². The van der Waals surface area contributed by atoms with Crippen molar-refractivity contribution in [2.24, 2.45) is 0 Å². The summed E-state index contributed by atoms with van der Waals surface area (Å²) in [5.41, 5.74) is 2.53. The predicted octanol–water partition coefficient (Wildman–Crippen LogP) is 1.66. The lowest BCUT2D eigenvalue weighted by molar-refractivity contribution is -0.159. The second-order valence-electron chi connectivity index (χ2n) is 6.59. The largest absolute Gasteiger partial charge is 0.473 e. The molecule has 8 nitrogen and oxygen atoms in total. The molecule has 1 heterocycles. The van der Waals surface area contributed by atoms with Gasteiger partial charge in [-0.3, -0.25) is 4.90 Å². The Kier molecular flexibility index (Phi) is 7.89. The normalized spacial score (nSPS) is 15.2. The maximum Gasteiger partial charge on any atom is 0.414 e. The fourth-order valence-corrected chi connectivity index (χ4v) is 4.26. The highest BCUT2D eigenvalue weighted by Gasteiger charge is 2.28. The molecule has 0 saturated carbocycles. The van der Waals surface area contributed by atoms with E-state index in [1.165, 1.54) is 11.1 Å². The third-order valence-electron chi connectivity index (χ3n) is 4.42. The molecule has 156 valence electrons. The van der Waals surface area contributed by atoms with E-state index in [1.807, 2.05) is 6.07 Å². The van der Waals surface area contributed by atoms with Crippen LogP contribution < -0.4 is 0 Å². The molecule has 0 bridgehead atoms. The van der Waals surface area contributed by atoms with Crippen molar-refractivity contribution in [3.05, 3.63) is 65.7 Å². The first-order valence-electron chi connectivity index (χ1n) is 8.99. The standard InChI is InChI=1S/C18H22N2O2S.C2H2O4/c1-16-7-9-17(10-8-16)15-19-11-13-20(14-12-19)23(21,22)18-5-3-2-4-6-18;3-1(4)2(5)6/h2-10H,11-15H2,1H3;(H,3,4)(H,5,6). The summed E-state index contributed by atoms with van der Waals surface area (Å²) < 4.78 is 26.8. The number of carboxylic acids is 2. The molecule has 2 aromatic carbocycles. The van der Waals surface area contributed by atoms with Crippen LogP contribution in [0.4, 0.5) is 0 Å². The van der Waals surface area contributed by atoms with Crippen molar-refractivity contribution >= 4 is 22.0 Å². The minimum Gasteiger partial charge on any atom is -0.473 e. The third-order valence-corrected chi connectivity index (χ3v) is 6.33. The van der Waals surface area contributed by atoms with E-state index in [1.54, 1.807) is 28.6 Å². The summed E-state index contributed by atoms with van der Waals surface area (Å²) in [5, 5.41) is 14.8. The third kappa shape index (κ3) is 6.67. The van der Waals surface area contributed by atoms with Crippen LogP contribution in [0, 0.1) is 6.92 Å². The van der Waals surface area contributed by atoms with Crippen molar-refractivity contribution in [2.75, 3.05) is 26.2 Å². The van der Waals surface area contributed by atoms with Crippen LogP contribution in [0.5, 0.6) is 0 Å². The molecular weight excluding hydrogens is 396 g/mol. The van der Waals surface area contributed by atoms with Crippen LogP contribution in [0.15, 0.2) is 59.5 Å². The molecule has 1 saturated heterocycles. The highest BCUT2D eigenvalue weighted by Crippen LogP contribution is 2.18. The molecule has 29 heavy (non-hydrogen) atoms. The minimum absolute atomic E-state index is 0.381. The Morgan fingerprint density at radius 3 is 1.86 bits per heavy atom. The highest BCUT2D eigenvalue weighted by atomic mass is 32.2. The fraction of sp³-hybridized carbons (Fsp3) is 0.300. The summed E-state index contributed by atoms with van der Waals surface area (Å²) in [4.78, 5) is 20.9. The molecule has 2 aromatic rings. The van der Waals surface area contributed by atoms with Crippen LogP contribution in [0.25, 0.3) is 0 Å². The number of hydrogen-bond acceptors (Lipinski definition) is 5. The van der Waals surface area contributed by atoms with Crippen molar-refractivity contribution < 1.29 is 28.2 Å². The minimum atomic E-state index is -3.36. The number of carbonyl (C=O) groups is 2. The number of rotatable bonds is 4. The number of sulfonamides is 1. The Morgan fingerprint density at radius 1 is 0.862 bits per heavy atom. The lowest BCUT2D eigenvalue weighted by atomic mass is 10.1. The molecule has 0 aromatic heterocycles. The van der Waals surface area contributed by atoms with Crippen LogP contribution in [0.3, 0.4) is 0 Å². The zero-order valence-corrected chi connectivity index (χ0v) is 16.9. The van der Waals surface area contributed by atoms with Gasteiger partial charge in [0.2, 0.25) is 10.0 Å². The summed E-state index contributed by atoms with van der Waals surface area (Å²) in [6.45, 7) is 5.57. The monoisotopic (exact) mass is 420 g/mol. The summed E-state index contributed by atoms with van der Waals surface area (Å²) in [5.74, 6) is -3.65. The van der Waals surface area contributed by atoms with E-state index in [9.17, 15) is 8.42 Å². The van der Waals surface area contributed by atoms with E-state index in [4.69, 9.17) is 19.8 Å². The van der Waals surface area contributed by atoms with Gasteiger partial charge >= 0.3 is 11.9 Å². The van der Waals surface area contributed by atoms with Crippen molar-refractivity contribution in [1.29, 1.82) is 0 Å². The van der Waals surface area contributed by atoms with Crippen LogP contribution in [-0.2, 0) is 26.2 Å². The summed E-state index contributed by atoms with van der Waals surface area (Å²) >= 11 is 0. The van der Waals surface area contributed by atoms with Crippen LogP contribution >= 0.6 is 0 Å². The molecule has 2 N–H and O–H groups in total. The maximum absolute atomic E-state index is 12.6. The Morgan fingerprint density at radius 2 is 1.38 bits per heavy atom. The first kappa shape index (κ1) is 22.5. The van der Waals surface area contributed by atoms with Gasteiger partial charge in [0, 0.05) is 32.7 Å². The van der Waals surface area contributed by atoms with Gasteiger partial charge in [-0.25, -0.2) is 18.0 Å². The van der Waals surface area contributed by atoms with Gasteiger partial charge in [-0.05, 0) is 24.6 Å². The summed E-state index contributed by atoms with van der Waals surface area (Å²) in [6, 6.07) is 17.2. The molecule has 0 radical (unpaired) electrons. The molecule has 1 aliphatic heterocycles. The van der Waals surface area contributed by atoms with E-state index in [0.29, 0.717) is 18.0 Å². The van der Waals surface area contributed by atoms with Crippen molar-refractivity contribution in [2.45, 2.75) is 18.4 Å².